The molecule has 0 bridgehead atoms. The predicted octanol–water partition coefficient (Wildman–Crippen LogP) is 9.64. The van der Waals surface area contributed by atoms with Crippen LogP contribution in [-0.2, 0) is 17.5 Å². The lowest BCUT2D eigenvalue weighted by molar-refractivity contribution is -0.141. The third kappa shape index (κ3) is 7.75. The normalized spacial score (nSPS) is 13.9. The largest absolute Gasteiger partial charge is 0.444 e. The molecule has 0 spiro atoms. The smallest absolute Gasteiger partial charge is 0.435 e. The molecule has 272 valence electrons. The van der Waals surface area contributed by atoms with Crippen molar-refractivity contribution in [2.45, 2.75) is 58.0 Å². The van der Waals surface area contributed by atoms with E-state index in [1.54, 1.807) is 47.4 Å². The van der Waals surface area contributed by atoms with Crippen LogP contribution in [0, 0.1) is 5.92 Å². The number of fused-ring (bicyclic) bond motifs is 3. The summed E-state index contributed by atoms with van der Waals surface area (Å²) in [5, 5.41) is 10.6. The van der Waals surface area contributed by atoms with Crippen LogP contribution in [0.4, 0.5) is 23.7 Å². The summed E-state index contributed by atoms with van der Waals surface area (Å²) >= 11 is 0. The van der Waals surface area contributed by atoms with Crippen LogP contribution in [0.1, 0.15) is 72.5 Å². The number of nitrogens with two attached hydrogens (primary N) is 1. The summed E-state index contributed by atoms with van der Waals surface area (Å²) in [6.45, 7) is 6.11. The molecule has 1 unspecified atom stereocenters. The second-order valence-corrected chi connectivity index (χ2v) is 14.5. The van der Waals surface area contributed by atoms with E-state index < -0.39 is 35.5 Å². The van der Waals surface area contributed by atoms with Gasteiger partial charge in [0.15, 0.2) is 5.69 Å². The molecule has 0 saturated heterocycles. The lowest BCUT2D eigenvalue weighted by Gasteiger charge is -2.35. The van der Waals surface area contributed by atoms with Crippen molar-refractivity contribution in [2.24, 2.45) is 11.7 Å². The van der Waals surface area contributed by atoms with Crippen LogP contribution in [0.15, 0.2) is 109 Å². The van der Waals surface area contributed by atoms with E-state index in [1.165, 1.54) is 0 Å². The fraction of sp³-hybridized carbons (Fsp3) is 0.262. The van der Waals surface area contributed by atoms with Gasteiger partial charge in [0.1, 0.15) is 11.3 Å². The number of carbonyl (C=O) groups is 2. The van der Waals surface area contributed by atoms with Gasteiger partial charge in [0.05, 0.1) is 11.7 Å². The number of carbonyl (C=O) groups excluding carboxylic acids is 2. The molecule has 5 aromatic carbocycles. The first kappa shape index (κ1) is 35.7. The van der Waals surface area contributed by atoms with E-state index in [0.29, 0.717) is 29.3 Å². The second kappa shape index (κ2) is 14.0. The van der Waals surface area contributed by atoms with Crippen molar-refractivity contribution >= 4 is 39.2 Å². The van der Waals surface area contributed by atoms with E-state index in [9.17, 15) is 22.8 Å². The second-order valence-electron chi connectivity index (χ2n) is 14.5. The Morgan fingerprint density at radius 1 is 0.887 bits per heavy atom. The molecule has 0 radical (unpaired) electrons. The fourth-order valence-corrected chi connectivity index (χ4v) is 6.70. The summed E-state index contributed by atoms with van der Waals surface area (Å²) in [6, 6.07) is 31.9. The Bertz CT molecular complexity index is 2320. The standard InChI is InChI=1S/C42H40F3N5O3/c1-41(2,3)53-40(52)49(25-26-18-19-26)38(35-22-28-11-4-5-15-32(28)33-16-6-7-17-34(33)35)29-12-9-13-30(21-29)47-39(51)36-23-37(42(43,44)45)48-50(36)31-14-8-10-27(20-31)24-46/h4-17,20-23,26,38H,18-19,24-25,46H2,1-3H3,(H,47,51). The van der Waals surface area contributed by atoms with Crippen LogP contribution in [0.5, 0.6) is 0 Å². The Balaban J connectivity index is 1.34. The van der Waals surface area contributed by atoms with Crippen molar-refractivity contribution < 1.29 is 27.5 Å². The molecular formula is C42H40F3N5O3. The van der Waals surface area contributed by atoms with Crippen LogP contribution >= 0.6 is 0 Å². The number of ether oxygens (including phenoxy) is 1. The highest BCUT2D eigenvalue weighted by molar-refractivity contribution is 6.09. The van der Waals surface area contributed by atoms with Crippen molar-refractivity contribution in [2.75, 3.05) is 11.9 Å². The van der Waals surface area contributed by atoms with E-state index >= 15 is 0 Å². The molecule has 6 aromatic rings. The van der Waals surface area contributed by atoms with E-state index in [1.807, 2.05) is 63.2 Å². The van der Waals surface area contributed by atoms with E-state index in [2.05, 4.69) is 28.6 Å². The van der Waals surface area contributed by atoms with Gasteiger partial charge in [-0.25, -0.2) is 9.48 Å². The molecule has 1 fully saturated rings. The van der Waals surface area contributed by atoms with Gasteiger partial charge in [-0.1, -0.05) is 72.8 Å². The zero-order chi connectivity index (χ0) is 37.5. The van der Waals surface area contributed by atoms with Gasteiger partial charge < -0.3 is 15.8 Å². The summed E-state index contributed by atoms with van der Waals surface area (Å²) in [5.74, 6) is -0.488. The minimum Gasteiger partial charge on any atom is -0.444 e. The third-order valence-electron chi connectivity index (χ3n) is 9.27. The van der Waals surface area contributed by atoms with Crippen LogP contribution < -0.4 is 11.1 Å². The number of nitrogens with one attached hydrogen (secondary N) is 1. The quantitative estimate of drug-likeness (QED) is 0.145. The molecule has 53 heavy (non-hydrogen) atoms. The molecule has 1 saturated carbocycles. The van der Waals surface area contributed by atoms with Gasteiger partial charge >= 0.3 is 12.3 Å². The molecular weight excluding hydrogens is 679 g/mol. The Kier molecular flexibility index (Phi) is 9.46. The summed E-state index contributed by atoms with van der Waals surface area (Å²) in [6.07, 6.45) is -3.27. The van der Waals surface area contributed by atoms with Gasteiger partial charge in [-0.05, 0) is 108 Å². The van der Waals surface area contributed by atoms with Crippen molar-refractivity contribution in [3.8, 4) is 5.69 Å². The molecule has 1 aliphatic carbocycles. The van der Waals surface area contributed by atoms with Crippen LogP contribution in [-0.4, -0.2) is 38.8 Å². The van der Waals surface area contributed by atoms with E-state index in [0.717, 1.165) is 50.7 Å². The number of nitrogens with zero attached hydrogens (tertiary/aromatic N) is 3. The number of benzene rings is 5. The molecule has 1 atom stereocenters. The van der Waals surface area contributed by atoms with Crippen molar-refractivity contribution in [1.82, 2.24) is 14.7 Å². The third-order valence-corrected chi connectivity index (χ3v) is 9.27. The molecule has 11 heteroatoms. The fourth-order valence-electron chi connectivity index (χ4n) is 6.70. The van der Waals surface area contributed by atoms with Crippen LogP contribution in [0.2, 0.25) is 0 Å². The van der Waals surface area contributed by atoms with Gasteiger partial charge in [0.25, 0.3) is 5.91 Å². The Labute approximate surface area is 305 Å². The van der Waals surface area contributed by atoms with Crippen molar-refractivity contribution in [3.63, 3.8) is 0 Å². The number of hydrogen-bond acceptors (Lipinski definition) is 5. The first-order chi connectivity index (χ1) is 25.3. The molecule has 8 nitrogen and oxygen atoms in total. The summed E-state index contributed by atoms with van der Waals surface area (Å²) in [5.41, 5.74) is 6.34. The maximum atomic E-state index is 14.2. The first-order valence-electron chi connectivity index (χ1n) is 17.6. The summed E-state index contributed by atoms with van der Waals surface area (Å²) in [7, 11) is 0. The molecule has 7 rings (SSSR count). The van der Waals surface area contributed by atoms with Crippen molar-refractivity contribution in [3.05, 3.63) is 137 Å². The van der Waals surface area contributed by atoms with Crippen LogP contribution in [0.25, 0.3) is 27.2 Å². The topological polar surface area (TPSA) is 102 Å². The maximum Gasteiger partial charge on any atom is 0.435 e. The van der Waals surface area contributed by atoms with Gasteiger partial charge in [0.2, 0.25) is 0 Å². The Hall–Kier alpha value is -5.68. The molecule has 1 heterocycles. The number of amides is 2. The van der Waals surface area contributed by atoms with Gasteiger partial charge in [0, 0.05) is 24.8 Å². The Morgan fingerprint density at radius 3 is 2.28 bits per heavy atom. The number of rotatable bonds is 9. The lowest BCUT2D eigenvalue weighted by Crippen LogP contribution is -2.41. The zero-order valence-corrected chi connectivity index (χ0v) is 29.7. The zero-order valence-electron chi connectivity index (χ0n) is 29.7. The summed E-state index contributed by atoms with van der Waals surface area (Å²) in [4.78, 5) is 29.8. The minimum absolute atomic E-state index is 0.157. The van der Waals surface area contributed by atoms with Crippen LogP contribution in [0.3, 0.4) is 0 Å². The highest BCUT2D eigenvalue weighted by atomic mass is 19.4. The monoisotopic (exact) mass is 719 g/mol. The highest BCUT2D eigenvalue weighted by Gasteiger charge is 2.38. The number of aromatic nitrogens is 2. The molecule has 0 aliphatic heterocycles. The highest BCUT2D eigenvalue weighted by Crippen LogP contribution is 2.41. The number of anilines is 1. The lowest BCUT2D eigenvalue weighted by atomic mass is 9.89. The average Bonchev–Trinajstić information content (AvgIpc) is 3.83. The molecule has 1 aromatic heterocycles. The van der Waals surface area contributed by atoms with Crippen molar-refractivity contribution in [1.29, 1.82) is 0 Å². The van der Waals surface area contributed by atoms with Gasteiger partial charge in [-0.3, -0.25) is 9.69 Å². The predicted molar refractivity (Wildman–Crippen MR) is 200 cm³/mol. The minimum atomic E-state index is -4.78. The molecule has 3 N–H and O–H groups in total. The van der Waals surface area contributed by atoms with E-state index in [-0.39, 0.29) is 17.9 Å². The Morgan fingerprint density at radius 2 is 1.58 bits per heavy atom. The number of alkyl halides is 3. The maximum absolute atomic E-state index is 14.2. The van der Waals surface area contributed by atoms with E-state index in [4.69, 9.17) is 10.5 Å². The first-order valence-corrected chi connectivity index (χ1v) is 17.6. The SMILES string of the molecule is CC(C)(C)OC(=O)N(CC1CC1)C(c1cccc(NC(=O)c2cc(C(F)(F)F)nn2-c2cccc(CN)c2)c1)c1cc2ccccc2c2ccccc12. The van der Waals surface area contributed by atoms with Gasteiger partial charge in [-0.2, -0.15) is 18.3 Å². The van der Waals surface area contributed by atoms with Gasteiger partial charge in [-0.15, -0.1) is 0 Å². The molecule has 2 amide bonds. The number of hydrogen-bond donors (Lipinski definition) is 2. The average molecular weight is 720 g/mol. The number of halogens is 3. The molecule has 1 aliphatic rings. The summed E-state index contributed by atoms with van der Waals surface area (Å²) < 4.78 is 48.7.